The van der Waals surface area contributed by atoms with E-state index < -0.39 is 0 Å². The number of nitrogens with one attached hydrogen (secondary N) is 1. The van der Waals surface area contributed by atoms with Crippen molar-refractivity contribution < 1.29 is 14.3 Å². The summed E-state index contributed by atoms with van der Waals surface area (Å²) in [5, 5.41) is 3.44. The number of hydrogen-bond donors (Lipinski definition) is 1. The molecule has 26 heavy (non-hydrogen) atoms. The summed E-state index contributed by atoms with van der Waals surface area (Å²) in [5.74, 6) is 0.0996. The number of nitrogens with zero attached hydrogens (tertiary/aromatic N) is 2. The molecular weight excluding hydrogens is 330 g/mol. The van der Waals surface area contributed by atoms with Crippen LogP contribution in [0.3, 0.4) is 0 Å². The van der Waals surface area contributed by atoms with E-state index in [9.17, 15) is 9.59 Å². The fraction of sp³-hybridized carbons (Fsp3) is 0.600. The van der Waals surface area contributed by atoms with Gasteiger partial charge >= 0.3 is 0 Å². The standard InChI is InChI=1S/C20H27N3O3/c24-18(22-10-12-26-13-11-22)16-2-4-17(5-3-16)19(25)23-9-1-6-20(15-23)7-8-21-14-20/h2-5,21H,1,6-15H2/t20-/m0/s1. The minimum atomic E-state index is 0.0151. The summed E-state index contributed by atoms with van der Waals surface area (Å²) < 4.78 is 5.29. The Hall–Kier alpha value is -1.92. The number of carbonyl (C=O) groups excluding carboxylic acids is 2. The number of likely N-dealkylation sites (tertiary alicyclic amines) is 1. The second-order valence-corrected chi connectivity index (χ2v) is 7.74. The molecule has 4 rings (SSSR count). The minimum absolute atomic E-state index is 0.0151. The number of morpholine rings is 1. The summed E-state index contributed by atoms with van der Waals surface area (Å²) in [6, 6.07) is 7.15. The van der Waals surface area contributed by atoms with Crippen LogP contribution in [0, 0.1) is 5.41 Å². The summed E-state index contributed by atoms with van der Waals surface area (Å²) in [4.78, 5) is 29.2. The zero-order chi connectivity index (χ0) is 18.0. The van der Waals surface area contributed by atoms with Crippen molar-refractivity contribution >= 4 is 11.8 Å². The molecule has 0 radical (unpaired) electrons. The molecule has 0 unspecified atom stereocenters. The highest BCUT2D eigenvalue weighted by Crippen LogP contribution is 2.35. The normalized spacial score (nSPS) is 26.3. The van der Waals surface area contributed by atoms with Gasteiger partial charge in [-0.15, -0.1) is 0 Å². The maximum atomic E-state index is 12.9. The quantitative estimate of drug-likeness (QED) is 0.869. The number of ether oxygens (including phenoxy) is 1. The summed E-state index contributed by atoms with van der Waals surface area (Å²) in [7, 11) is 0. The lowest BCUT2D eigenvalue weighted by Gasteiger charge is -2.40. The minimum Gasteiger partial charge on any atom is -0.378 e. The highest BCUT2D eigenvalue weighted by Gasteiger charge is 2.39. The zero-order valence-corrected chi connectivity index (χ0v) is 15.2. The lowest BCUT2D eigenvalue weighted by Crippen LogP contribution is -2.47. The Bertz CT molecular complexity index is 661. The molecule has 1 spiro atoms. The monoisotopic (exact) mass is 357 g/mol. The van der Waals surface area contributed by atoms with Crippen LogP contribution < -0.4 is 5.32 Å². The lowest BCUT2D eigenvalue weighted by atomic mass is 9.79. The third-order valence-electron chi connectivity index (χ3n) is 5.96. The second kappa shape index (κ2) is 7.37. The number of piperidine rings is 1. The van der Waals surface area contributed by atoms with Gasteiger partial charge in [0.1, 0.15) is 0 Å². The van der Waals surface area contributed by atoms with Crippen LogP contribution in [0.1, 0.15) is 40.0 Å². The van der Waals surface area contributed by atoms with Crippen molar-refractivity contribution in [1.82, 2.24) is 15.1 Å². The van der Waals surface area contributed by atoms with E-state index in [1.165, 1.54) is 6.42 Å². The lowest BCUT2D eigenvalue weighted by molar-refractivity contribution is 0.0302. The smallest absolute Gasteiger partial charge is 0.254 e. The molecule has 3 aliphatic heterocycles. The molecule has 1 aromatic carbocycles. The largest absolute Gasteiger partial charge is 0.378 e. The van der Waals surface area contributed by atoms with E-state index in [1.807, 2.05) is 9.80 Å². The number of carbonyl (C=O) groups is 2. The Balaban J connectivity index is 1.42. The van der Waals surface area contributed by atoms with Crippen LogP contribution >= 0.6 is 0 Å². The Kier molecular flexibility index (Phi) is 4.96. The van der Waals surface area contributed by atoms with E-state index in [-0.39, 0.29) is 17.2 Å². The highest BCUT2D eigenvalue weighted by molar-refractivity contribution is 5.98. The second-order valence-electron chi connectivity index (χ2n) is 7.74. The van der Waals surface area contributed by atoms with Gasteiger partial charge in [-0.1, -0.05) is 0 Å². The molecule has 0 bridgehead atoms. The molecule has 1 N–H and O–H groups in total. The molecule has 1 aromatic rings. The van der Waals surface area contributed by atoms with Crippen molar-refractivity contribution in [3.8, 4) is 0 Å². The first-order valence-corrected chi connectivity index (χ1v) is 9.64. The van der Waals surface area contributed by atoms with Crippen LogP contribution in [0.2, 0.25) is 0 Å². The van der Waals surface area contributed by atoms with Crippen LogP contribution in [0.5, 0.6) is 0 Å². The van der Waals surface area contributed by atoms with Gasteiger partial charge < -0.3 is 19.9 Å². The van der Waals surface area contributed by atoms with E-state index in [2.05, 4.69) is 5.32 Å². The number of amides is 2. The van der Waals surface area contributed by atoms with Crippen LogP contribution in [0.15, 0.2) is 24.3 Å². The van der Waals surface area contributed by atoms with E-state index in [0.717, 1.165) is 39.0 Å². The molecule has 0 aliphatic carbocycles. The van der Waals surface area contributed by atoms with Crippen molar-refractivity contribution in [1.29, 1.82) is 0 Å². The predicted molar refractivity (Wildman–Crippen MR) is 98.2 cm³/mol. The van der Waals surface area contributed by atoms with E-state index in [0.29, 0.717) is 37.4 Å². The molecule has 6 heteroatoms. The first-order chi connectivity index (χ1) is 12.7. The van der Waals surface area contributed by atoms with Crippen LogP contribution in [-0.2, 0) is 4.74 Å². The third-order valence-corrected chi connectivity index (χ3v) is 5.96. The topological polar surface area (TPSA) is 61.9 Å². The van der Waals surface area contributed by atoms with Crippen LogP contribution in [0.25, 0.3) is 0 Å². The van der Waals surface area contributed by atoms with Gasteiger partial charge in [0.2, 0.25) is 0 Å². The molecule has 6 nitrogen and oxygen atoms in total. The van der Waals surface area contributed by atoms with E-state index in [4.69, 9.17) is 4.74 Å². The van der Waals surface area contributed by atoms with Gasteiger partial charge in [-0.05, 0) is 50.1 Å². The first kappa shape index (κ1) is 17.5. The molecule has 2 amide bonds. The average molecular weight is 357 g/mol. The first-order valence-electron chi connectivity index (χ1n) is 9.64. The Morgan fingerprint density at radius 3 is 2.19 bits per heavy atom. The summed E-state index contributed by atoms with van der Waals surface area (Å²) in [6.45, 7) is 6.18. The summed E-state index contributed by atoms with van der Waals surface area (Å²) >= 11 is 0. The van der Waals surface area contributed by atoms with Gasteiger partial charge in [-0.3, -0.25) is 9.59 Å². The molecule has 1 atom stereocenters. The highest BCUT2D eigenvalue weighted by atomic mass is 16.5. The van der Waals surface area contributed by atoms with Gasteiger partial charge in [0.25, 0.3) is 11.8 Å². The Morgan fingerprint density at radius 2 is 1.58 bits per heavy atom. The van der Waals surface area contributed by atoms with Gasteiger partial charge in [-0.2, -0.15) is 0 Å². The molecule has 3 aliphatic rings. The SMILES string of the molecule is O=C(c1ccc(C(=O)N2CCC[C@@]3(CCNC3)C2)cc1)N1CCOCC1. The molecule has 0 saturated carbocycles. The molecule has 140 valence electrons. The maximum Gasteiger partial charge on any atom is 0.254 e. The molecule has 3 fully saturated rings. The van der Waals surface area contributed by atoms with Crippen LogP contribution in [0.4, 0.5) is 0 Å². The van der Waals surface area contributed by atoms with Crippen molar-refractivity contribution in [3.63, 3.8) is 0 Å². The van der Waals surface area contributed by atoms with Crippen molar-refractivity contribution in [2.75, 3.05) is 52.5 Å². The fourth-order valence-corrected chi connectivity index (χ4v) is 4.41. The van der Waals surface area contributed by atoms with Gasteiger partial charge in [-0.25, -0.2) is 0 Å². The van der Waals surface area contributed by atoms with Crippen LogP contribution in [-0.4, -0.2) is 74.1 Å². The number of hydrogen-bond acceptors (Lipinski definition) is 4. The summed E-state index contributed by atoms with van der Waals surface area (Å²) in [5.41, 5.74) is 1.57. The predicted octanol–water partition coefficient (Wildman–Crippen LogP) is 1.37. The number of benzene rings is 1. The van der Waals surface area contributed by atoms with E-state index >= 15 is 0 Å². The average Bonchev–Trinajstić information content (AvgIpc) is 3.15. The molecular formula is C20H27N3O3. The Morgan fingerprint density at radius 1 is 0.923 bits per heavy atom. The molecule has 0 aromatic heterocycles. The Labute approximate surface area is 154 Å². The number of rotatable bonds is 2. The molecule has 3 saturated heterocycles. The van der Waals surface area contributed by atoms with Crippen molar-refractivity contribution in [3.05, 3.63) is 35.4 Å². The van der Waals surface area contributed by atoms with Gasteiger partial charge in [0, 0.05) is 49.3 Å². The van der Waals surface area contributed by atoms with Crippen molar-refractivity contribution in [2.45, 2.75) is 19.3 Å². The fourth-order valence-electron chi connectivity index (χ4n) is 4.41. The molecule has 3 heterocycles. The third kappa shape index (κ3) is 3.48. The zero-order valence-electron chi connectivity index (χ0n) is 15.2. The van der Waals surface area contributed by atoms with Crippen molar-refractivity contribution in [2.24, 2.45) is 5.41 Å². The summed E-state index contributed by atoms with van der Waals surface area (Å²) in [6.07, 6.45) is 3.43. The van der Waals surface area contributed by atoms with Gasteiger partial charge in [0.05, 0.1) is 13.2 Å². The van der Waals surface area contributed by atoms with Gasteiger partial charge in [0.15, 0.2) is 0 Å². The maximum absolute atomic E-state index is 12.9. The van der Waals surface area contributed by atoms with E-state index in [1.54, 1.807) is 24.3 Å².